The van der Waals surface area contributed by atoms with E-state index in [2.05, 4.69) is 0 Å². The first kappa shape index (κ1) is 18.2. The Balaban J connectivity index is 1.90. The van der Waals surface area contributed by atoms with Gasteiger partial charge in [0, 0.05) is 32.1 Å². The molecule has 2 heterocycles. The number of amides is 3. The summed E-state index contributed by atoms with van der Waals surface area (Å²) in [5.41, 5.74) is 5.27. The number of nitrogens with two attached hydrogens (primary N) is 1. The van der Waals surface area contributed by atoms with Gasteiger partial charge in [0.05, 0.1) is 12.5 Å². The van der Waals surface area contributed by atoms with Crippen LogP contribution in [0.15, 0.2) is 0 Å². The molecule has 0 aromatic heterocycles. The number of hydrogen-bond acceptors (Lipinski definition) is 5. The van der Waals surface area contributed by atoms with Gasteiger partial charge >= 0.3 is 17.8 Å². The third-order valence-electron chi connectivity index (χ3n) is 4.70. The molecule has 8 nitrogen and oxygen atoms in total. The maximum Gasteiger partial charge on any atom is 0.312 e. The minimum Gasteiger partial charge on any atom is -0.466 e. The van der Waals surface area contributed by atoms with Gasteiger partial charge < -0.3 is 20.3 Å². The van der Waals surface area contributed by atoms with Crippen molar-refractivity contribution in [1.82, 2.24) is 9.80 Å². The molecular formula is C16H25N3O5. The van der Waals surface area contributed by atoms with Crippen LogP contribution < -0.4 is 5.73 Å². The molecule has 2 N–H and O–H groups in total. The van der Waals surface area contributed by atoms with Crippen LogP contribution >= 0.6 is 0 Å². The Morgan fingerprint density at radius 1 is 0.958 bits per heavy atom. The summed E-state index contributed by atoms with van der Waals surface area (Å²) in [6.45, 7) is 3.44. The molecule has 134 valence electrons. The lowest BCUT2D eigenvalue weighted by atomic mass is 9.96. The number of esters is 1. The van der Waals surface area contributed by atoms with Crippen LogP contribution in [-0.4, -0.2) is 66.3 Å². The van der Waals surface area contributed by atoms with Gasteiger partial charge in [0.1, 0.15) is 0 Å². The number of carbonyl (C=O) groups is 4. The monoisotopic (exact) mass is 339 g/mol. The second-order valence-corrected chi connectivity index (χ2v) is 6.31. The van der Waals surface area contributed by atoms with Crippen molar-refractivity contribution in [3.05, 3.63) is 0 Å². The molecule has 2 aliphatic heterocycles. The number of nitrogens with zero attached hydrogens (tertiary/aromatic N) is 2. The third kappa shape index (κ3) is 4.24. The highest BCUT2D eigenvalue weighted by Crippen LogP contribution is 2.20. The van der Waals surface area contributed by atoms with Crippen LogP contribution in [0.4, 0.5) is 0 Å². The second-order valence-electron chi connectivity index (χ2n) is 6.31. The quantitative estimate of drug-likeness (QED) is 0.551. The van der Waals surface area contributed by atoms with Crippen molar-refractivity contribution < 1.29 is 23.9 Å². The highest BCUT2D eigenvalue weighted by molar-refractivity contribution is 6.35. The van der Waals surface area contributed by atoms with Gasteiger partial charge in [0.15, 0.2) is 0 Å². The van der Waals surface area contributed by atoms with E-state index in [9.17, 15) is 19.2 Å². The molecule has 2 saturated heterocycles. The van der Waals surface area contributed by atoms with Gasteiger partial charge in [-0.25, -0.2) is 0 Å². The van der Waals surface area contributed by atoms with Gasteiger partial charge in [0.2, 0.25) is 5.91 Å². The van der Waals surface area contributed by atoms with Crippen LogP contribution in [0.1, 0.15) is 32.6 Å². The molecule has 0 aromatic rings. The number of carbonyl (C=O) groups excluding carboxylic acids is 4. The van der Waals surface area contributed by atoms with E-state index in [0.717, 1.165) is 0 Å². The van der Waals surface area contributed by atoms with Gasteiger partial charge in [-0.15, -0.1) is 0 Å². The molecular weight excluding hydrogens is 314 g/mol. The topological polar surface area (TPSA) is 110 Å². The lowest BCUT2D eigenvalue weighted by Crippen LogP contribution is -2.52. The largest absolute Gasteiger partial charge is 0.466 e. The molecule has 3 amide bonds. The zero-order valence-corrected chi connectivity index (χ0v) is 14.0. The molecule has 0 aromatic carbocycles. The molecule has 2 aliphatic rings. The first-order chi connectivity index (χ1) is 11.4. The number of piperidine rings is 2. The van der Waals surface area contributed by atoms with Crippen molar-refractivity contribution in [2.24, 2.45) is 17.6 Å². The SMILES string of the molecule is CCOC(=O)C1CCCN(C(=O)C(=O)N2CCC(C(N)=O)CC2)C1. The second kappa shape index (κ2) is 8.12. The molecule has 24 heavy (non-hydrogen) atoms. The molecule has 0 radical (unpaired) electrons. The van der Waals surface area contributed by atoms with Gasteiger partial charge in [-0.05, 0) is 32.6 Å². The summed E-state index contributed by atoms with van der Waals surface area (Å²) in [6.07, 6.45) is 2.31. The predicted octanol–water partition coefficient (Wildman–Crippen LogP) is -0.488. The lowest BCUT2D eigenvalue weighted by Gasteiger charge is -2.34. The van der Waals surface area contributed by atoms with Crippen LogP contribution in [-0.2, 0) is 23.9 Å². The molecule has 0 saturated carbocycles. The summed E-state index contributed by atoms with van der Waals surface area (Å²) in [6, 6.07) is 0. The van der Waals surface area contributed by atoms with Gasteiger partial charge in [-0.3, -0.25) is 19.2 Å². The van der Waals surface area contributed by atoms with Crippen molar-refractivity contribution in [3.8, 4) is 0 Å². The first-order valence-electron chi connectivity index (χ1n) is 8.48. The summed E-state index contributed by atoms with van der Waals surface area (Å²) in [7, 11) is 0. The number of rotatable bonds is 3. The van der Waals surface area contributed by atoms with Crippen LogP contribution in [0, 0.1) is 11.8 Å². The van der Waals surface area contributed by atoms with E-state index in [0.29, 0.717) is 51.9 Å². The minimum atomic E-state index is -0.582. The maximum atomic E-state index is 12.4. The van der Waals surface area contributed by atoms with Crippen molar-refractivity contribution >= 4 is 23.7 Å². The summed E-state index contributed by atoms with van der Waals surface area (Å²) >= 11 is 0. The van der Waals surface area contributed by atoms with E-state index >= 15 is 0 Å². The Bertz CT molecular complexity index is 514. The van der Waals surface area contributed by atoms with Gasteiger partial charge in [-0.1, -0.05) is 0 Å². The van der Waals surface area contributed by atoms with Crippen molar-refractivity contribution in [2.45, 2.75) is 32.6 Å². The van der Waals surface area contributed by atoms with E-state index in [1.807, 2.05) is 0 Å². The minimum absolute atomic E-state index is 0.223. The van der Waals surface area contributed by atoms with Gasteiger partial charge in [-0.2, -0.15) is 0 Å². The first-order valence-corrected chi connectivity index (χ1v) is 8.48. The smallest absolute Gasteiger partial charge is 0.312 e. The molecule has 8 heteroatoms. The van der Waals surface area contributed by atoms with Crippen LogP contribution in [0.5, 0.6) is 0 Å². The molecule has 1 unspecified atom stereocenters. The zero-order chi connectivity index (χ0) is 17.7. The average Bonchev–Trinajstić information content (AvgIpc) is 2.61. The van der Waals surface area contributed by atoms with Crippen molar-refractivity contribution in [3.63, 3.8) is 0 Å². The number of primary amides is 1. The van der Waals surface area contributed by atoms with Crippen molar-refractivity contribution in [2.75, 3.05) is 32.8 Å². The lowest BCUT2D eigenvalue weighted by molar-refractivity contribution is -0.157. The summed E-state index contributed by atoms with van der Waals surface area (Å²) in [4.78, 5) is 50.7. The molecule has 2 rings (SSSR count). The van der Waals surface area contributed by atoms with E-state index in [1.54, 1.807) is 6.92 Å². The fourth-order valence-electron chi connectivity index (χ4n) is 3.25. The van der Waals surface area contributed by atoms with Crippen molar-refractivity contribution in [1.29, 1.82) is 0 Å². The van der Waals surface area contributed by atoms with Crippen LogP contribution in [0.25, 0.3) is 0 Å². The molecule has 0 spiro atoms. The number of ether oxygens (including phenoxy) is 1. The predicted molar refractivity (Wildman–Crippen MR) is 84.4 cm³/mol. The fourth-order valence-corrected chi connectivity index (χ4v) is 3.25. The molecule has 2 fully saturated rings. The Morgan fingerprint density at radius 2 is 1.58 bits per heavy atom. The third-order valence-corrected chi connectivity index (χ3v) is 4.70. The van der Waals surface area contributed by atoms with Crippen LogP contribution in [0.3, 0.4) is 0 Å². The Hall–Kier alpha value is -2.12. The zero-order valence-electron chi connectivity index (χ0n) is 14.0. The fraction of sp³-hybridized carbons (Fsp3) is 0.750. The number of hydrogen-bond donors (Lipinski definition) is 1. The standard InChI is InChI=1S/C16H25N3O5/c1-2-24-16(23)12-4-3-7-19(10-12)15(22)14(21)18-8-5-11(6-9-18)13(17)20/h11-12H,2-10H2,1H3,(H2,17,20). The Kier molecular flexibility index (Phi) is 6.16. The Labute approximate surface area is 141 Å². The summed E-state index contributed by atoms with van der Waals surface area (Å²) < 4.78 is 5.00. The number of likely N-dealkylation sites (tertiary alicyclic amines) is 2. The van der Waals surface area contributed by atoms with E-state index in [1.165, 1.54) is 9.80 Å². The normalized spacial score (nSPS) is 22.1. The molecule has 0 bridgehead atoms. The molecule has 0 aliphatic carbocycles. The van der Waals surface area contributed by atoms with E-state index in [-0.39, 0.29) is 30.3 Å². The summed E-state index contributed by atoms with van der Waals surface area (Å²) in [5.74, 6) is -2.42. The molecule has 1 atom stereocenters. The van der Waals surface area contributed by atoms with Crippen LogP contribution in [0.2, 0.25) is 0 Å². The van der Waals surface area contributed by atoms with E-state index < -0.39 is 11.8 Å². The van der Waals surface area contributed by atoms with Gasteiger partial charge in [0.25, 0.3) is 0 Å². The maximum absolute atomic E-state index is 12.4. The highest BCUT2D eigenvalue weighted by Gasteiger charge is 2.35. The summed E-state index contributed by atoms with van der Waals surface area (Å²) in [5, 5.41) is 0. The van der Waals surface area contributed by atoms with E-state index in [4.69, 9.17) is 10.5 Å². The Morgan fingerprint density at radius 3 is 2.17 bits per heavy atom. The average molecular weight is 339 g/mol. The highest BCUT2D eigenvalue weighted by atomic mass is 16.5.